The molecule has 0 unspecified atom stereocenters. The number of nitro groups is 1. The molecule has 1 aromatic carbocycles. The fraction of sp³-hybridized carbons (Fsp3) is 0.467. The first-order chi connectivity index (χ1) is 9.67. The van der Waals surface area contributed by atoms with Crippen LogP contribution in [-0.2, 0) is 0 Å². The summed E-state index contributed by atoms with van der Waals surface area (Å²) >= 11 is 0. The minimum atomic E-state index is -0.376. The summed E-state index contributed by atoms with van der Waals surface area (Å²) in [7, 11) is 0. The van der Waals surface area contributed by atoms with Crippen molar-refractivity contribution in [2.24, 2.45) is 0 Å². The second-order valence-corrected chi connectivity index (χ2v) is 5.24. The molecule has 1 aliphatic rings. The molecule has 0 amide bonds. The Morgan fingerprint density at radius 1 is 1.35 bits per heavy atom. The highest BCUT2D eigenvalue weighted by atomic mass is 16.6. The Hall–Kier alpha value is -1.72. The summed E-state index contributed by atoms with van der Waals surface area (Å²) < 4.78 is 0. The fourth-order valence-corrected chi connectivity index (χ4v) is 2.70. The van der Waals surface area contributed by atoms with Crippen molar-refractivity contribution in [1.82, 2.24) is 5.32 Å². The van der Waals surface area contributed by atoms with Crippen molar-refractivity contribution in [3.8, 4) is 0 Å². The van der Waals surface area contributed by atoms with Gasteiger partial charge in [0.15, 0.2) is 0 Å². The normalized spacial score (nSPS) is 17.6. The Bertz CT molecular complexity index is 494. The molecule has 0 spiro atoms. The third-order valence-corrected chi connectivity index (χ3v) is 3.89. The van der Waals surface area contributed by atoms with Gasteiger partial charge in [-0.05, 0) is 18.9 Å². The second kappa shape index (κ2) is 6.63. The standard InChI is InChI=1S/C15H20N2O3/c18-12-15(9-3-4-10-15)16-11-5-7-13-6-1-2-8-14(13)17(19)20/h1-2,5-8,16,18H,3-4,9-12H2/b7-5+. The van der Waals surface area contributed by atoms with E-state index in [4.69, 9.17) is 0 Å². The van der Waals surface area contributed by atoms with E-state index < -0.39 is 0 Å². The SMILES string of the molecule is O=[N+]([O-])c1ccccc1/C=C/CNC1(CO)CCCC1. The molecule has 0 saturated heterocycles. The Morgan fingerprint density at radius 3 is 2.70 bits per heavy atom. The lowest BCUT2D eigenvalue weighted by Gasteiger charge is -2.27. The number of hydrogen-bond acceptors (Lipinski definition) is 4. The van der Waals surface area contributed by atoms with Crippen molar-refractivity contribution in [1.29, 1.82) is 0 Å². The third kappa shape index (κ3) is 3.43. The highest BCUT2D eigenvalue weighted by Gasteiger charge is 2.31. The molecule has 20 heavy (non-hydrogen) atoms. The van der Waals surface area contributed by atoms with Crippen molar-refractivity contribution in [2.75, 3.05) is 13.2 Å². The maximum absolute atomic E-state index is 10.9. The molecule has 0 radical (unpaired) electrons. The molecule has 1 aromatic rings. The zero-order valence-corrected chi connectivity index (χ0v) is 11.4. The van der Waals surface area contributed by atoms with Crippen LogP contribution in [0.3, 0.4) is 0 Å². The number of nitro benzene ring substituents is 1. The summed E-state index contributed by atoms with van der Waals surface area (Å²) in [6.07, 6.45) is 7.89. The summed E-state index contributed by atoms with van der Waals surface area (Å²) in [4.78, 5) is 10.5. The van der Waals surface area contributed by atoms with Gasteiger partial charge < -0.3 is 10.4 Å². The number of aliphatic hydroxyl groups excluding tert-OH is 1. The van der Waals surface area contributed by atoms with Gasteiger partial charge in [0.05, 0.1) is 17.1 Å². The van der Waals surface area contributed by atoms with Crippen LogP contribution in [0.15, 0.2) is 30.3 Å². The summed E-state index contributed by atoms with van der Waals surface area (Å²) in [5, 5.41) is 23.7. The largest absolute Gasteiger partial charge is 0.394 e. The topological polar surface area (TPSA) is 75.4 Å². The first-order valence-corrected chi connectivity index (χ1v) is 6.93. The number of rotatable bonds is 6. The first-order valence-electron chi connectivity index (χ1n) is 6.93. The van der Waals surface area contributed by atoms with Crippen LogP contribution < -0.4 is 5.32 Å². The van der Waals surface area contributed by atoms with E-state index in [0.29, 0.717) is 12.1 Å². The number of para-hydroxylation sites is 1. The minimum absolute atomic E-state index is 0.112. The Balaban J connectivity index is 1.95. The van der Waals surface area contributed by atoms with Crippen LogP contribution in [0.1, 0.15) is 31.2 Å². The van der Waals surface area contributed by atoms with E-state index in [1.807, 2.05) is 6.08 Å². The molecule has 0 atom stereocenters. The van der Waals surface area contributed by atoms with Crippen molar-refractivity contribution < 1.29 is 10.0 Å². The van der Waals surface area contributed by atoms with Gasteiger partial charge in [0, 0.05) is 18.2 Å². The molecule has 0 aliphatic heterocycles. The minimum Gasteiger partial charge on any atom is -0.394 e. The fourth-order valence-electron chi connectivity index (χ4n) is 2.70. The summed E-state index contributed by atoms with van der Waals surface area (Å²) in [5.74, 6) is 0. The highest BCUT2D eigenvalue weighted by Crippen LogP contribution is 2.28. The molecule has 0 aromatic heterocycles. The van der Waals surface area contributed by atoms with E-state index in [0.717, 1.165) is 25.7 Å². The third-order valence-electron chi connectivity index (χ3n) is 3.89. The molecule has 5 heteroatoms. The maximum Gasteiger partial charge on any atom is 0.276 e. The molecule has 1 saturated carbocycles. The molecule has 1 aliphatic carbocycles. The van der Waals surface area contributed by atoms with E-state index in [1.165, 1.54) is 6.07 Å². The molecule has 2 rings (SSSR count). The van der Waals surface area contributed by atoms with E-state index >= 15 is 0 Å². The second-order valence-electron chi connectivity index (χ2n) is 5.24. The molecule has 1 fully saturated rings. The van der Waals surface area contributed by atoms with Gasteiger partial charge in [0.2, 0.25) is 0 Å². The monoisotopic (exact) mass is 276 g/mol. The number of aliphatic hydroxyl groups is 1. The van der Waals surface area contributed by atoms with Crippen molar-refractivity contribution in [3.05, 3.63) is 46.0 Å². The predicted molar refractivity (Wildman–Crippen MR) is 78.4 cm³/mol. The van der Waals surface area contributed by atoms with Crippen LogP contribution in [0, 0.1) is 10.1 Å². The number of hydrogen-bond donors (Lipinski definition) is 2. The average Bonchev–Trinajstić information content (AvgIpc) is 2.93. The molecular weight excluding hydrogens is 256 g/mol. The van der Waals surface area contributed by atoms with Gasteiger partial charge >= 0.3 is 0 Å². The van der Waals surface area contributed by atoms with Crippen LogP contribution in [0.4, 0.5) is 5.69 Å². The van der Waals surface area contributed by atoms with Gasteiger partial charge in [-0.25, -0.2) is 0 Å². The van der Waals surface area contributed by atoms with Crippen LogP contribution >= 0.6 is 0 Å². The van der Waals surface area contributed by atoms with Gasteiger partial charge in [0.25, 0.3) is 5.69 Å². The average molecular weight is 276 g/mol. The van der Waals surface area contributed by atoms with E-state index in [2.05, 4.69) is 5.32 Å². The van der Waals surface area contributed by atoms with Crippen LogP contribution in [0.25, 0.3) is 6.08 Å². The zero-order chi connectivity index (χ0) is 14.4. The van der Waals surface area contributed by atoms with Crippen LogP contribution in [-0.4, -0.2) is 28.7 Å². The van der Waals surface area contributed by atoms with Gasteiger partial charge in [-0.3, -0.25) is 10.1 Å². The Labute approximate surface area is 118 Å². The van der Waals surface area contributed by atoms with Gasteiger partial charge in [-0.1, -0.05) is 37.1 Å². The maximum atomic E-state index is 10.9. The van der Waals surface area contributed by atoms with E-state index in [1.54, 1.807) is 24.3 Å². The summed E-state index contributed by atoms with van der Waals surface area (Å²) in [6, 6.07) is 6.67. The zero-order valence-electron chi connectivity index (χ0n) is 11.4. The van der Waals surface area contributed by atoms with Gasteiger partial charge in [-0.15, -0.1) is 0 Å². The molecule has 2 N–H and O–H groups in total. The Morgan fingerprint density at radius 2 is 2.05 bits per heavy atom. The highest BCUT2D eigenvalue weighted by molar-refractivity contribution is 5.60. The lowest BCUT2D eigenvalue weighted by molar-refractivity contribution is -0.385. The van der Waals surface area contributed by atoms with Crippen LogP contribution in [0.5, 0.6) is 0 Å². The first kappa shape index (κ1) is 14.7. The summed E-state index contributed by atoms with van der Waals surface area (Å²) in [5.41, 5.74) is 0.553. The molecular formula is C15H20N2O3. The van der Waals surface area contributed by atoms with Gasteiger partial charge in [-0.2, -0.15) is 0 Å². The Kier molecular flexibility index (Phi) is 4.87. The molecule has 0 bridgehead atoms. The molecule has 5 nitrogen and oxygen atoms in total. The number of nitrogens with zero attached hydrogens (tertiary/aromatic N) is 1. The van der Waals surface area contributed by atoms with Crippen molar-refractivity contribution in [3.63, 3.8) is 0 Å². The van der Waals surface area contributed by atoms with Crippen molar-refractivity contribution >= 4 is 11.8 Å². The number of benzene rings is 1. The van der Waals surface area contributed by atoms with Gasteiger partial charge in [0.1, 0.15) is 0 Å². The predicted octanol–water partition coefficient (Wildman–Crippen LogP) is 2.50. The van der Waals surface area contributed by atoms with Crippen LogP contribution in [0.2, 0.25) is 0 Å². The molecule has 0 heterocycles. The molecule has 108 valence electrons. The lowest BCUT2D eigenvalue weighted by Crippen LogP contribution is -2.46. The lowest BCUT2D eigenvalue weighted by atomic mass is 9.99. The quantitative estimate of drug-likeness (QED) is 0.618. The van der Waals surface area contributed by atoms with E-state index in [9.17, 15) is 15.2 Å². The smallest absolute Gasteiger partial charge is 0.276 e. The number of nitrogens with one attached hydrogen (secondary N) is 1. The van der Waals surface area contributed by atoms with Crippen molar-refractivity contribution in [2.45, 2.75) is 31.2 Å². The summed E-state index contributed by atoms with van der Waals surface area (Å²) in [6.45, 7) is 0.749. The van der Waals surface area contributed by atoms with E-state index in [-0.39, 0.29) is 22.8 Å².